The van der Waals surface area contributed by atoms with Crippen molar-refractivity contribution in [2.24, 2.45) is 16.9 Å². The van der Waals surface area contributed by atoms with Gasteiger partial charge in [0, 0.05) is 25.3 Å². The largest absolute Gasteiger partial charge is 0.395 e. The fourth-order valence-corrected chi connectivity index (χ4v) is 3.00. The molecule has 0 saturated heterocycles. The lowest BCUT2D eigenvalue weighted by Crippen LogP contribution is -2.43. The number of halogens is 2. The van der Waals surface area contributed by atoms with E-state index in [-0.39, 0.29) is 42.4 Å². The van der Waals surface area contributed by atoms with E-state index in [1.165, 1.54) is 0 Å². The second-order valence-electron chi connectivity index (χ2n) is 8.36. The van der Waals surface area contributed by atoms with Gasteiger partial charge >= 0.3 is 0 Å². The highest BCUT2D eigenvalue weighted by atomic mass is 19.1. The highest BCUT2D eigenvalue weighted by molar-refractivity contribution is 5.83. The van der Waals surface area contributed by atoms with E-state index >= 15 is 0 Å². The topological polar surface area (TPSA) is 127 Å². The minimum absolute atomic E-state index is 0.0506. The number of ketones is 2. The van der Waals surface area contributed by atoms with E-state index in [1.54, 1.807) is 0 Å². The molecule has 29 heavy (non-hydrogen) atoms. The number of nitrogens with two attached hydrogens (primary N) is 2. The van der Waals surface area contributed by atoms with E-state index in [0.717, 1.165) is 18.2 Å². The van der Waals surface area contributed by atoms with Crippen LogP contribution in [-0.4, -0.2) is 46.6 Å². The number of benzene rings is 1. The molecule has 164 valence electrons. The van der Waals surface area contributed by atoms with Crippen molar-refractivity contribution in [3.63, 3.8) is 0 Å². The fourth-order valence-electron chi connectivity index (χ4n) is 3.00. The first kappa shape index (κ1) is 25.3. The van der Waals surface area contributed by atoms with Crippen molar-refractivity contribution in [2.75, 3.05) is 6.61 Å². The summed E-state index contributed by atoms with van der Waals surface area (Å²) in [6.07, 6.45) is 0.0227. The van der Waals surface area contributed by atoms with Gasteiger partial charge in [-0.05, 0) is 48.4 Å². The van der Waals surface area contributed by atoms with Crippen LogP contribution < -0.4 is 11.5 Å². The molecule has 1 aromatic carbocycles. The maximum absolute atomic E-state index is 13.7. The Morgan fingerprint density at radius 1 is 1.14 bits per heavy atom. The molecule has 0 saturated carbocycles. The normalized spacial score (nSPS) is 15.0. The highest BCUT2D eigenvalue weighted by Gasteiger charge is 2.26. The molecule has 0 spiro atoms. The van der Waals surface area contributed by atoms with Gasteiger partial charge in [-0.25, -0.2) is 8.78 Å². The number of carbonyl (C=O) groups is 2. The molecule has 0 aliphatic carbocycles. The molecular weight excluding hydrogens is 382 g/mol. The predicted octanol–water partition coefficient (Wildman–Crippen LogP) is 1.63. The van der Waals surface area contributed by atoms with Gasteiger partial charge in [-0.1, -0.05) is 13.8 Å². The Morgan fingerprint density at radius 2 is 1.76 bits per heavy atom. The van der Waals surface area contributed by atoms with Crippen LogP contribution in [-0.2, 0) is 16.0 Å². The third-order valence-electron chi connectivity index (χ3n) is 5.05. The molecule has 0 heterocycles. The van der Waals surface area contributed by atoms with Gasteiger partial charge in [0.25, 0.3) is 0 Å². The quantitative estimate of drug-likeness (QED) is 0.389. The van der Waals surface area contributed by atoms with E-state index in [9.17, 15) is 23.5 Å². The average Bonchev–Trinajstić information content (AvgIpc) is 2.66. The maximum atomic E-state index is 13.7. The van der Waals surface area contributed by atoms with Crippen molar-refractivity contribution in [3.8, 4) is 0 Å². The van der Waals surface area contributed by atoms with Crippen molar-refractivity contribution in [1.29, 1.82) is 0 Å². The van der Waals surface area contributed by atoms with Crippen LogP contribution >= 0.6 is 0 Å². The predicted molar refractivity (Wildman–Crippen MR) is 106 cm³/mol. The van der Waals surface area contributed by atoms with Crippen LogP contribution in [0.3, 0.4) is 0 Å². The Morgan fingerprint density at radius 3 is 2.38 bits per heavy atom. The molecule has 1 unspecified atom stereocenters. The summed E-state index contributed by atoms with van der Waals surface area (Å²) in [4.78, 5) is 24.1. The van der Waals surface area contributed by atoms with Crippen LogP contribution in [0.1, 0.15) is 51.5 Å². The van der Waals surface area contributed by atoms with Crippen molar-refractivity contribution < 1.29 is 28.6 Å². The molecule has 0 amide bonds. The third-order valence-corrected chi connectivity index (χ3v) is 5.05. The zero-order valence-corrected chi connectivity index (χ0v) is 17.0. The van der Waals surface area contributed by atoms with Gasteiger partial charge in [-0.15, -0.1) is 0 Å². The van der Waals surface area contributed by atoms with Crippen molar-refractivity contribution in [1.82, 2.24) is 0 Å². The summed E-state index contributed by atoms with van der Waals surface area (Å²) in [5.41, 5.74) is 11.2. The van der Waals surface area contributed by atoms with Gasteiger partial charge in [0.1, 0.15) is 23.5 Å². The molecule has 0 aromatic heterocycles. The molecule has 1 rings (SSSR count). The molecule has 0 fully saturated rings. The van der Waals surface area contributed by atoms with Gasteiger partial charge in [0.05, 0.1) is 12.6 Å². The van der Waals surface area contributed by atoms with E-state index in [0.29, 0.717) is 12.8 Å². The zero-order valence-electron chi connectivity index (χ0n) is 17.0. The van der Waals surface area contributed by atoms with Crippen LogP contribution in [0, 0.1) is 17.0 Å². The summed E-state index contributed by atoms with van der Waals surface area (Å²) >= 11 is 0. The van der Waals surface area contributed by atoms with Gasteiger partial charge < -0.3 is 21.7 Å². The molecule has 1 aromatic rings. The number of hydrogen-bond acceptors (Lipinski definition) is 6. The van der Waals surface area contributed by atoms with Gasteiger partial charge in [-0.2, -0.15) is 0 Å². The molecule has 6 nitrogen and oxygen atoms in total. The van der Waals surface area contributed by atoms with Gasteiger partial charge in [0.15, 0.2) is 5.78 Å². The molecular formula is C21H32F2N2O4. The lowest BCUT2D eigenvalue weighted by molar-refractivity contribution is -0.129. The second-order valence-corrected chi connectivity index (χ2v) is 8.36. The second kappa shape index (κ2) is 11.4. The molecule has 0 aliphatic rings. The standard InChI is InChI=1S/C21H32F2N2O4/c1-21(2,8-6-19(28)20(29)18(25)12-26)7-5-16(27)11-15(24)10-13-9-14(22)3-4-17(13)23/h3-4,9,15,18,20,26,29H,5-8,10-12,24-25H2,1-2H3/t15?,18-,20+/m1/s1. The van der Waals surface area contributed by atoms with Crippen molar-refractivity contribution in [2.45, 2.75) is 70.6 Å². The van der Waals surface area contributed by atoms with Crippen LogP contribution in [0.2, 0.25) is 0 Å². The summed E-state index contributed by atoms with van der Waals surface area (Å²) in [6.45, 7) is 3.34. The molecule has 8 heteroatoms. The van der Waals surface area contributed by atoms with E-state index in [4.69, 9.17) is 16.6 Å². The average molecular weight is 414 g/mol. The number of aliphatic hydroxyl groups is 2. The smallest absolute Gasteiger partial charge is 0.162 e. The highest BCUT2D eigenvalue weighted by Crippen LogP contribution is 2.29. The summed E-state index contributed by atoms with van der Waals surface area (Å²) < 4.78 is 26.9. The van der Waals surface area contributed by atoms with Crippen LogP contribution in [0.4, 0.5) is 8.78 Å². The first-order valence-electron chi connectivity index (χ1n) is 9.73. The van der Waals surface area contributed by atoms with Crippen molar-refractivity contribution >= 4 is 11.6 Å². The Hall–Kier alpha value is -1.74. The fraction of sp³-hybridized carbons (Fsp3) is 0.619. The Bertz CT molecular complexity index is 697. The Kier molecular flexibility index (Phi) is 9.98. The number of rotatable bonds is 13. The number of Topliss-reactive ketones (excluding diaryl/α,β-unsaturated/α-hetero) is 2. The SMILES string of the molecule is CC(C)(CCC(=O)CC(N)Cc1cc(F)ccc1F)CCC(=O)[C@@H](O)[C@H](N)CO. The lowest BCUT2D eigenvalue weighted by Gasteiger charge is -2.25. The zero-order chi connectivity index (χ0) is 22.2. The Balaban J connectivity index is 2.43. The summed E-state index contributed by atoms with van der Waals surface area (Å²) in [5.74, 6) is -1.63. The lowest BCUT2D eigenvalue weighted by atomic mass is 9.81. The summed E-state index contributed by atoms with van der Waals surface area (Å²) in [7, 11) is 0. The number of carbonyl (C=O) groups excluding carboxylic acids is 2. The van der Waals surface area contributed by atoms with Gasteiger partial charge in [-0.3, -0.25) is 9.59 Å². The molecule has 0 radical (unpaired) electrons. The van der Waals surface area contributed by atoms with Crippen LogP contribution in [0.25, 0.3) is 0 Å². The molecule has 6 N–H and O–H groups in total. The molecule has 0 bridgehead atoms. The van der Waals surface area contributed by atoms with Gasteiger partial charge in [0.2, 0.25) is 0 Å². The third kappa shape index (κ3) is 9.08. The minimum atomic E-state index is -1.40. The van der Waals surface area contributed by atoms with E-state index in [1.807, 2.05) is 13.8 Å². The first-order chi connectivity index (χ1) is 13.4. The minimum Gasteiger partial charge on any atom is -0.395 e. The monoisotopic (exact) mass is 414 g/mol. The first-order valence-corrected chi connectivity index (χ1v) is 9.73. The molecule has 0 aliphatic heterocycles. The molecule has 3 atom stereocenters. The van der Waals surface area contributed by atoms with E-state index < -0.39 is 42.2 Å². The van der Waals surface area contributed by atoms with Crippen LogP contribution in [0.15, 0.2) is 18.2 Å². The maximum Gasteiger partial charge on any atom is 0.162 e. The van der Waals surface area contributed by atoms with E-state index in [2.05, 4.69) is 0 Å². The number of aliphatic hydroxyl groups excluding tert-OH is 2. The Labute approximate surface area is 170 Å². The summed E-state index contributed by atoms with van der Waals surface area (Å²) in [6, 6.07) is 1.53. The van der Waals surface area contributed by atoms with Crippen molar-refractivity contribution in [3.05, 3.63) is 35.4 Å². The number of hydrogen-bond donors (Lipinski definition) is 4. The van der Waals surface area contributed by atoms with Crippen LogP contribution in [0.5, 0.6) is 0 Å². The summed E-state index contributed by atoms with van der Waals surface area (Å²) in [5, 5.41) is 18.6.